The van der Waals surface area contributed by atoms with Crippen LogP contribution in [0.25, 0.3) is 0 Å². The van der Waals surface area contributed by atoms with E-state index in [0.717, 1.165) is 11.3 Å². The number of nitrogens with zero attached hydrogens (tertiary/aromatic N) is 1. The molecule has 0 aromatic heterocycles. The van der Waals surface area contributed by atoms with Gasteiger partial charge in [-0.15, -0.1) is 0 Å². The Balaban J connectivity index is 1.77. The number of rotatable bonds is 3. The van der Waals surface area contributed by atoms with E-state index in [2.05, 4.69) is 0 Å². The minimum Gasteiger partial charge on any atom is -0.481 e. The summed E-state index contributed by atoms with van der Waals surface area (Å²) >= 11 is 5.95. The average Bonchev–Trinajstić information content (AvgIpc) is 2.83. The van der Waals surface area contributed by atoms with Gasteiger partial charge < -0.3 is 10.0 Å². The van der Waals surface area contributed by atoms with Crippen molar-refractivity contribution in [3.05, 3.63) is 58.3 Å². The second-order valence-electron chi connectivity index (χ2n) is 5.71. The zero-order valence-corrected chi connectivity index (χ0v) is 12.9. The highest BCUT2D eigenvalue weighted by atomic mass is 35.5. The Labute approximate surface area is 133 Å². The molecule has 1 heterocycles. The summed E-state index contributed by atoms with van der Waals surface area (Å²) in [6.07, 6.45) is 6.30. The van der Waals surface area contributed by atoms with Gasteiger partial charge in [-0.1, -0.05) is 36.7 Å². The Morgan fingerprint density at radius 3 is 2.86 bits per heavy atom. The molecule has 2 aliphatic rings. The molecule has 1 aliphatic carbocycles. The van der Waals surface area contributed by atoms with E-state index in [1.54, 1.807) is 24.0 Å². The van der Waals surface area contributed by atoms with Gasteiger partial charge in [0.25, 0.3) is 5.91 Å². The molecule has 0 saturated carbocycles. The van der Waals surface area contributed by atoms with Crippen molar-refractivity contribution in [3.63, 3.8) is 0 Å². The first-order valence-corrected chi connectivity index (χ1v) is 7.56. The number of fused-ring (bicyclic) bond motifs is 1. The lowest BCUT2D eigenvalue weighted by atomic mass is 9.87. The van der Waals surface area contributed by atoms with Crippen molar-refractivity contribution in [1.29, 1.82) is 0 Å². The Bertz CT molecular complexity index is 708. The van der Waals surface area contributed by atoms with Crippen LogP contribution in [0.1, 0.15) is 29.3 Å². The first-order chi connectivity index (χ1) is 10.5. The van der Waals surface area contributed by atoms with Crippen molar-refractivity contribution in [2.75, 3.05) is 0 Å². The predicted octanol–water partition coefficient (Wildman–Crippen LogP) is 3.48. The van der Waals surface area contributed by atoms with E-state index in [0.29, 0.717) is 23.6 Å². The second-order valence-corrected chi connectivity index (χ2v) is 6.14. The van der Waals surface area contributed by atoms with Crippen LogP contribution >= 0.6 is 11.6 Å². The van der Waals surface area contributed by atoms with Gasteiger partial charge >= 0.3 is 5.97 Å². The molecular weight excluding hydrogens is 302 g/mol. The molecule has 22 heavy (non-hydrogen) atoms. The molecule has 0 saturated heterocycles. The highest BCUT2D eigenvalue weighted by molar-refractivity contribution is 6.31. The van der Waals surface area contributed by atoms with E-state index in [4.69, 9.17) is 16.7 Å². The molecule has 0 spiro atoms. The minimum absolute atomic E-state index is 0.0317. The van der Waals surface area contributed by atoms with Crippen molar-refractivity contribution >= 4 is 23.5 Å². The molecule has 1 aliphatic heterocycles. The van der Waals surface area contributed by atoms with Crippen molar-refractivity contribution < 1.29 is 14.7 Å². The van der Waals surface area contributed by atoms with E-state index >= 15 is 0 Å². The van der Waals surface area contributed by atoms with Gasteiger partial charge in [0.05, 0.1) is 12.5 Å². The van der Waals surface area contributed by atoms with Crippen LogP contribution in [-0.4, -0.2) is 21.9 Å². The molecule has 2 atom stereocenters. The highest BCUT2D eigenvalue weighted by Gasteiger charge is 2.31. The maximum absolute atomic E-state index is 12.5. The Morgan fingerprint density at radius 2 is 2.23 bits per heavy atom. The number of aliphatic carboxylic acids is 1. The summed E-state index contributed by atoms with van der Waals surface area (Å²) in [6, 6.07) is 5.35. The topological polar surface area (TPSA) is 57.6 Å². The molecule has 5 heteroatoms. The van der Waals surface area contributed by atoms with Gasteiger partial charge in [0.1, 0.15) is 0 Å². The molecule has 114 valence electrons. The normalized spacial score (nSPS) is 21.5. The molecule has 4 nitrogen and oxygen atoms in total. The molecule has 0 radical (unpaired) electrons. The minimum atomic E-state index is -0.800. The largest absolute Gasteiger partial charge is 0.481 e. The van der Waals surface area contributed by atoms with Crippen LogP contribution in [0.3, 0.4) is 0 Å². The lowest BCUT2D eigenvalue weighted by molar-refractivity contribution is -0.142. The monoisotopic (exact) mass is 317 g/mol. The third-order valence-corrected chi connectivity index (χ3v) is 4.57. The Kier molecular flexibility index (Phi) is 3.79. The number of benzene rings is 1. The number of amides is 1. The van der Waals surface area contributed by atoms with Crippen LogP contribution in [0.5, 0.6) is 0 Å². The number of hydrogen-bond acceptors (Lipinski definition) is 2. The molecule has 3 rings (SSSR count). The van der Waals surface area contributed by atoms with Crippen LogP contribution in [0, 0.1) is 11.8 Å². The fourth-order valence-electron chi connectivity index (χ4n) is 2.86. The average molecular weight is 318 g/mol. The third kappa shape index (κ3) is 2.55. The summed E-state index contributed by atoms with van der Waals surface area (Å²) in [5.41, 5.74) is 2.43. The summed E-state index contributed by atoms with van der Waals surface area (Å²) in [7, 11) is 0. The number of hydrogen-bond donors (Lipinski definition) is 1. The van der Waals surface area contributed by atoms with Gasteiger partial charge in [-0.3, -0.25) is 9.59 Å². The molecule has 2 unspecified atom stereocenters. The van der Waals surface area contributed by atoms with E-state index in [-0.39, 0.29) is 11.8 Å². The summed E-state index contributed by atoms with van der Waals surface area (Å²) in [5, 5.41) is 9.62. The lowest BCUT2D eigenvalue weighted by Crippen LogP contribution is -2.25. The first kappa shape index (κ1) is 14.9. The summed E-state index contributed by atoms with van der Waals surface area (Å²) in [6.45, 7) is 2.23. The van der Waals surface area contributed by atoms with Crippen molar-refractivity contribution in [3.8, 4) is 0 Å². The van der Waals surface area contributed by atoms with E-state index in [1.807, 2.05) is 24.3 Å². The molecule has 1 aromatic carbocycles. The van der Waals surface area contributed by atoms with E-state index in [1.165, 1.54) is 0 Å². The summed E-state index contributed by atoms with van der Waals surface area (Å²) in [5.74, 6) is -1.32. The number of allylic oxidation sites excluding steroid dienone is 3. The van der Waals surface area contributed by atoms with Gasteiger partial charge in [-0.2, -0.15) is 0 Å². The highest BCUT2D eigenvalue weighted by Crippen LogP contribution is 2.32. The van der Waals surface area contributed by atoms with Crippen LogP contribution in [-0.2, 0) is 11.3 Å². The standard InChI is InChI=1S/C17H16ClNO3/c1-10(17(21)22)11-3-6-14(7-4-11)19-9-12-2-5-13(18)8-15(12)16(19)20/h2-3,5-8,10-11H,4,9H2,1H3,(H,21,22). The maximum atomic E-state index is 12.5. The second kappa shape index (κ2) is 5.61. The zero-order chi connectivity index (χ0) is 15.9. The summed E-state index contributed by atoms with van der Waals surface area (Å²) < 4.78 is 0. The number of carboxylic acids is 1. The maximum Gasteiger partial charge on any atom is 0.306 e. The van der Waals surface area contributed by atoms with Gasteiger partial charge in [0.2, 0.25) is 0 Å². The van der Waals surface area contributed by atoms with Crippen LogP contribution in [0.15, 0.2) is 42.1 Å². The predicted molar refractivity (Wildman–Crippen MR) is 83.5 cm³/mol. The fourth-order valence-corrected chi connectivity index (χ4v) is 3.03. The zero-order valence-electron chi connectivity index (χ0n) is 12.1. The summed E-state index contributed by atoms with van der Waals surface area (Å²) in [4.78, 5) is 25.2. The lowest BCUT2D eigenvalue weighted by Gasteiger charge is -2.24. The molecule has 0 bridgehead atoms. The molecule has 1 amide bonds. The molecule has 0 fully saturated rings. The van der Waals surface area contributed by atoms with Crippen LogP contribution in [0.4, 0.5) is 0 Å². The third-order valence-electron chi connectivity index (χ3n) is 4.33. The van der Waals surface area contributed by atoms with E-state index in [9.17, 15) is 9.59 Å². The Morgan fingerprint density at radius 1 is 1.45 bits per heavy atom. The number of carbonyl (C=O) groups is 2. The van der Waals surface area contributed by atoms with Crippen molar-refractivity contribution in [1.82, 2.24) is 4.90 Å². The fraction of sp³-hybridized carbons (Fsp3) is 0.294. The molecule has 1 aromatic rings. The molecular formula is C17H16ClNO3. The smallest absolute Gasteiger partial charge is 0.306 e. The SMILES string of the molecule is CC(C(=O)O)C1C=CC(N2Cc3ccc(Cl)cc3C2=O)=CC1. The number of carboxylic acid groups (broad SMARTS) is 1. The van der Waals surface area contributed by atoms with Crippen LogP contribution in [0.2, 0.25) is 5.02 Å². The van der Waals surface area contributed by atoms with Gasteiger partial charge in [-0.05, 0) is 36.1 Å². The van der Waals surface area contributed by atoms with Crippen LogP contribution < -0.4 is 0 Å². The molecule has 1 N–H and O–H groups in total. The van der Waals surface area contributed by atoms with Crippen molar-refractivity contribution in [2.45, 2.75) is 19.9 Å². The van der Waals surface area contributed by atoms with Gasteiger partial charge in [-0.25, -0.2) is 0 Å². The van der Waals surface area contributed by atoms with E-state index < -0.39 is 11.9 Å². The van der Waals surface area contributed by atoms with Crippen molar-refractivity contribution in [2.24, 2.45) is 11.8 Å². The van der Waals surface area contributed by atoms with Gasteiger partial charge in [0, 0.05) is 16.3 Å². The number of carbonyl (C=O) groups excluding carboxylic acids is 1. The Hall–Kier alpha value is -2.07. The quantitative estimate of drug-likeness (QED) is 0.928. The first-order valence-electron chi connectivity index (χ1n) is 7.19. The van der Waals surface area contributed by atoms with Gasteiger partial charge in [0.15, 0.2) is 0 Å². The number of halogens is 1.